The van der Waals surface area contributed by atoms with Crippen LogP contribution in [-0.4, -0.2) is 42.1 Å². The van der Waals surface area contributed by atoms with Crippen molar-refractivity contribution in [3.63, 3.8) is 0 Å². The maximum atomic E-state index is 11.6. The van der Waals surface area contributed by atoms with Crippen LogP contribution in [0.1, 0.15) is 16.7 Å². The van der Waals surface area contributed by atoms with Crippen molar-refractivity contribution in [3.05, 3.63) is 108 Å². The summed E-state index contributed by atoms with van der Waals surface area (Å²) >= 11 is 0. The van der Waals surface area contributed by atoms with Crippen molar-refractivity contribution < 1.29 is 24.5 Å². The van der Waals surface area contributed by atoms with Crippen LogP contribution in [0.4, 0.5) is 0 Å². The number of methoxy groups -OCH3 is 1. The quantitative estimate of drug-likeness (QED) is 0.455. The zero-order chi connectivity index (χ0) is 20.7. The molecule has 0 spiro atoms. The largest absolute Gasteiger partial charge is 0.467 e. The molecule has 0 heterocycles. The Balaban J connectivity index is 2.09. The molecule has 3 rings (SSSR count). The number of aliphatic hydroxyl groups is 2. The van der Waals surface area contributed by atoms with E-state index in [0.717, 1.165) is 23.8 Å². The Morgan fingerprint density at radius 3 is 1.52 bits per heavy atom. The second-order valence-electron chi connectivity index (χ2n) is 6.63. The Kier molecular flexibility index (Phi) is 6.77. The molecule has 5 nitrogen and oxygen atoms in total. The molecule has 0 saturated heterocycles. The first-order chi connectivity index (χ1) is 14.1. The van der Waals surface area contributed by atoms with Gasteiger partial charge in [-0.15, -0.1) is 0 Å². The number of rotatable bonds is 8. The minimum atomic E-state index is -1.69. The fourth-order valence-electron chi connectivity index (χ4n) is 3.35. The third-order valence-corrected chi connectivity index (χ3v) is 4.82. The van der Waals surface area contributed by atoms with Crippen molar-refractivity contribution in [1.29, 1.82) is 0 Å². The third-order valence-electron chi connectivity index (χ3n) is 4.82. The Hall–Kier alpha value is -2.99. The standard InChI is InChI=1S/C24H24O5/c1-28-23(27)22(26)21(25)17-29-24(18-11-5-2-6-12-18,19-13-7-3-8-14-19)20-15-9-4-10-16-20/h2-16,21-22,25-26H,17H2,1H3/t21-,22-/m1/s1. The van der Waals surface area contributed by atoms with Crippen molar-refractivity contribution >= 4 is 5.97 Å². The molecule has 5 heteroatoms. The van der Waals surface area contributed by atoms with Crippen LogP contribution in [0, 0.1) is 0 Å². The van der Waals surface area contributed by atoms with Gasteiger partial charge in [0, 0.05) is 0 Å². The second kappa shape index (κ2) is 9.47. The summed E-state index contributed by atoms with van der Waals surface area (Å²) in [5, 5.41) is 20.3. The van der Waals surface area contributed by atoms with Crippen LogP contribution in [0.2, 0.25) is 0 Å². The maximum absolute atomic E-state index is 11.6. The molecule has 0 fully saturated rings. The van der Waals surface area contributed by atoms with Gasteiger partial charge in [0.25, 0.3) is 0 Å². The van der Waals surface area contributed by atoms with E-state index in [2.05, 4.69) is 4.74 Å². The molecule has 2 N–H and O–H groups in total. The molecule has 0 aliphatic rings. The van der Waals surface area contributed by atoms with Gasteiger partial charge in [0.05, 0.1) is 13.7 Å². The van der Waals surface area contributed by atoms with E-state index in [0.29, 0.717) is 0 Å². The molecular weight excluding hydrogens is 368 g/mol. The minimum absolute atomic E-state index is 0.283. The second-order valence-corrected chi connectivity index (χ2v) is 6.63. The van der Waals surface area contributed by atoms with Gasteiger partial charge in [-0.05, 0) is 16.7 Å². The van der Waals surface area contributed by atoms with Gasteiger partial charge in [-0.3, -0.25) is 0 Å². The molecule has 150 valence electrons. The number of ether oxygens (including phenoxy) is 2. The summed E-state index contributed by atoms with van der Waals surface area (Å²) in [4.78, 5) is 11.6. The topological polar surface area (TPSA) is 76.0 Å². The van der Waals surface area contributed by atoms with Crippen molar-refractivity contribution in [2.45, 2.75) is 17.8 Å². The van der Waals surface area contributed by atoms with Crippen LogP contribution in [0.5, 0.6) is 0 Å². The smallest absolute Gasteiger partial charge is 0.337 e. The van der Waals surface area contributed by atoms with Crippen LogP contribution in [0.3, 0.4) is 0 Å². The van der Waals surface area contributed by atoms with Gasteiger partial charge < -0.3 is 19.7 Å². The van der Waals surface area contributed by atoms with E-state index in [1.54, 1.807) is 0 Å². The molecule has 0 amide bonds. The number of aliphatic hydroxyl groups excluding tert-OH is 2. The SMILES string of the molecule is COC(=O)[C@H](O)[C@H](O)COC(c1ccccc1)(c1ccccc1)c1ccccc1. The maximum Gasteiger partial charge on any atom is 0.337 e. The normalized spacial score (nSPS) is 13.5. The van der Waals surface area contributed by atoms with Crippen molar-refractivity contribution in [2.75, 3.05) is 13.7 Å². The highest BCUT2D eigenvalue weighted by Crippen LogP contribution is 2.40. The molecular formula is C24H24O5. The van der Waals surface area contributed by atoms with Crippen LogP contribution < -0.4 is 0 Å². The predicted molar refractivity (Wildman–Crippen MR) is 109 cm³/mol. The predicted octanol–water partition coefficient (Wildman–Crippen LogP) is 2.89. The number of hydrogen-bond acceptors (Lipinski definition) is 5. The van der Waals surface area contributed by atoms with Gasteiger partial charge in [0.2, 0.25) is 0 Å². The van der Waals surface area contributed by atoms with Gasteiger partial charge in [0.15, 0.2) is 6.10 Å². The van der Waals surface area contributed by atoms with E-state index in [1.807, 2.05) is 91.0 Å². The summed E-state index contributed by atoms with van der Waals surface area (Å²) < 4.78 is 10.9. The summed E-state index contributed by atoms with van der Waals surface area (Å²) in [5.74, 6) is -0.911. The first kappa shape index (κ1) is 20.7. The molecule has 3 aromatic rings. The average Bonchev–Trinajstić information content (AvgIpc) is 2.80. The van der Waals surface area contributed by atoms with Crippen molar-refractivity contribution in [1.82, 2.24) is 0 Å². The zero-order valence-electron chi connectivity index (χ0n) is 16.1. The van der Waals surface area contributed by atoms with Gasteiger partial charge in [-0.2, -0.15) is 0 Å². The number of esters is 1. The number of benzene rings is 3. The summed E-state index contributed by atoms with van der Waals surface area (Å²) in [7, 11) is 1.15. The Labute approximate surface area is 170 Å². The lowest BCUT2D eigenvalue weighted by molar-refractivity contribution is -0.161. The monoisotopic (exact) mass is 392 g/mol. The fraction of sp³-hybridized carbons (Fsp3) is 0.208. The Morgan fingerprint density at radius 1 is 0.793 bits per heavy atom. The highest BCUT2D eigenvalue weighted by atomic mass is 16.5. The molecule has 0 unspecified atom stereocenters. The Morgan fingerprint density at radius 2 is 1.17 bits per heavy atom. The van der Waals surface area contributed by atoms with E-state index in [-0.39, 0.29) is 6.61 Å². The summed E-state index contributed by atoms with van der Waals surface area (Å²) in [6, 6.07) is 28.9. The van der Waals surface area contributed by atoms with E-state index < -0.39 is 23.8 Å². The molecule has 0 bridgehead atoms. The number of hydrogen-bond donors (Lipinski definition) is 2. The molecule has 0 aliphatic heterocycles. The Bertz CT molecular complexity index is 800. The number of carbonyl (C=O) groups excluding carboxylic acids is 1. The van der Waals surface area contributed by atoms with Gasteiger partial charge in [-0.1, -0.05) is 91.0 Å². The van der Waals surface area contributed by atoms with Gasteiger partial charge in [0.1, 0.15) is 11.7 Å². The lowest BCUT2D eigenvalue weighted by atomic mass is 9.80. The lowest BCUT2D eigenvalue weighted by Gasteiger charge is -2.36. The van der Waals surface area contributed by atoms with Gasteiger partial charge in [-0.25, -0.2) is 4.79 Å². The molecule has 0 radical (unpaired) electrons. The molecule has 0 saturated carbocycles. The minimum Gasteiger partial charge on any atom is -0.467 e. The van der Waals surface area contributed by atoms with E-state index in [4.69, 9.17) is 4.74 Å². The molecule has 2 atom stereocenters. The highest BCUT2D eigenvalue weighted by molar-refractivity contribution is 5.74. The molecule has 0 aromatic heterocycles. The third kappa shape index (κ3) is 4.38. The van der Waals surface area contributed by atoms with Crippen molar-refractivity contribution in [2.24, 2.45) is 0 Å². The van der Waals surface area contributed by atoms with Crippen LogP contribution in [0.25, 0.3) is 0 Å². The van der Waals surface area contributed by atoms with Gasteiger partial charge >= 0.3 is 5.97 Å². The van der Waals surface area contributed by atoms with E-state index >= 15 is 0 Å². The van der Waals surface area contributed by atoms with Crippen LogP contribution in [-0.2, 0) is 19.9 Å². The number of carbonyl (C=O) groups is 1. The average molecular weight is 392 g/mol. The van der Waals surface area contributed by atoms with Crippen molar-refractivity contribution in [3.8, 4) is 0 Å². The first-order valence-electron chi connectivity index (χ1n) is 9.34. The first-order valence-corrected chi connectivity index (χ1v) is 9.34. The summed E-state index contributed by atoms with van der Waals surface area (Å²) in [5.41, 5.74) is 1.53. The zero-order valence-corrected chi connectivity index (χ0v) is 16.1. The fourth-order valence-corrected chi connectivity index (χ4v) is 3.35. The van der Waals surface area contributed by atoms with Crippen LogP contribution >= 0.6 is 0 Å². The lowest BCUT2D eigenvalue weighted by Crippen LogP contribution is -2.42. The highest BCUT2D eigenvalue weighted by Gasteiger charge is 2.39. The molecule has 29 heavy (non-hydrogen) atoms. The van der Waals surface area contributed by atoms with E-state index in [1.165, 1.54) is 0 Å². The molecule has 0 aliphatic carbocycles. The summed E-state index contributed by atoms with van der Waals surface area (Å²) in [6.45, 7) is -0.283. The summed E-state index contributed by atoms with van der Waals surface area (Å²) in [6.07, 6.45) is -3.14. The molecule has 3 aromatic carbocycles. The van der Waals surface area contributed by atoms with Crippen LogP contribution in [0.15, 0.2) is 91.0 Å². The van der Waals surface area contributed by atoms with E-state index in [9.17, 15) is 15.0 Å².